The van der Waals surface area contributed by atoms with Gasteiger partial charge in [-0.2, -0.15) is 19.6 Å². The number of aromatic nitrogens is 4. The fraction of sp³-hybridized carbons (Fsp3) is 0.545. The number of nitrogens with zero attached hydrogens (tertiary/aromatic N) is 5. The first-order chi connectivity index (χ1) is 8.29. The van der Waals surface area contributed by atoms with Crippen LogP contribution in [-0.4, -0.2) is 43.9 Å². The molecule has 18 heavy (non-hydrogen) atoms. The minimum atomic E-state index is -0.816. The Balaban J connectivity index is 2.54. The van der Waals surface area contributed by atoms with Crippen LogP contribution in [0.4, 0.5) is 5.82 Å². The quantitative estimate of drug-likeness (QED) is 0.851. The molecule has 0 saturated heterocycles. The first-order valence-electron chi connectivity index (χ1n) is 5.59. The predicted octanol–water partition coefficient (Wildman–Crippen LogP) is 1.29. The van der Waals surface area contributed by atoms with Crippen LogP contribution in [0.5, 0.6) is 0 Å². The molecule has 0 unspecified atom stereocenters. The van der Waals surface area contributed by atoms with E-state index in [1.54, 1.807) is 18.4 Å². The number of hydrogen-bond donors (Lipinski definition) is 1. The second kappa shape index (κ2) is 4.37. The van der Waals surface area contributed by atoms with Gasteiger partial charge in [0.1, 0.15) is 17.3 Å². The number of hydrogen-bond acceptors (Lipinski definition) is 5. The molecule has 0 fully saturated rings. The highest BCUT2D eigenvalue weighted by Crippen LogP contribution is 2.25. The molecule has 0 amide bonds. The van der Waals surface area contributed by atoms with Crippen LogP contribution >= 0.6 is 11.6 Å². The van der Waals surface area contributed by atoms with Crippen molar-refractivity contribution in [2.75, 3.05) is 18.5 Å². The Hall–Kier alpha value is -1.40. The minimum absolute atomic E-state index is 0.396. The van der Waals surface area contributed by atoms with Crippen molar-refractivity contribution < 1.29 is 5.11 Å². The Morgan fingerprint density at radius 3 is 2.78 bits per heavy atom. The van der Waals surface area contributed by atoms with Crippen molar-refractivity contribution >= 4 is 23.2 Å². The van der Waals surface area contributed by atoms with Crippen LogP contribution in [-0.2, 0) is 0 Å². The highest BCUT2D eigenvalue weighted by Gasteiger charge is 2.21. The molecule has 0 aliphatic rings. The van der Waals surface area contributed by atoms with Gasteiger partial charge in [-0.1, -0.05) is 11.6 Å². The number of halogens is 1. The van der Waals surface area contributed by atoms with Crippen molar-refractivity contribution in [1.82, 2.24) is 19.6 Å². The minimum Gasteiger partial charge on any atom is -0.389 e. The van der Waals surface area contributed by atoms with E-state index >= 15 is 0 Å². The zero-order valence-electron chi connectivity index (χ0n) is 10.8. The number of likely N-dealkylation sites (N-methyl/N-ethyl adjacent to an activating group) is 1. The van der Waals surface area contributed by atoms with Crippen molar-refractivity contribution in [3.63, 3.8) is 0 Å². The van der Waals surface area contributed by atoms with E-state index in [1.165, 1.54) is 6.33 Å². The van der Waals surface area contributed by atoms with Crippen molar-refractivity contribution in [2.24, 2.45) is 0 Å². The maximum absolute atomic E-state index is 9.90. The normalized spacial score (nSPS) is 12.1. The fourth-order valence-electron chi connectivity index (χ4n) is 1.99. The van der Waals surface area contributed by atoms with Gasteiger partial charge in [-0.3, -0.25) is 0 Å². The lowest BCUT2D eigenvalue weighted by molar-refractivity contribution is 0.0883. The average Bonchev–Trinajstić information content (AvgIpc) is 2.63. The summed E-state index contributed by atoms with van der Waals surface area (Å²) in [6.45, 7) is 5.82. The zero-order valence-corrected chi connectivity index (χ0v) is 11.6. The molecular formula is C11H16ClN5O. The Morgan fingerprint density at radius 2 is 2.17 bits per heavy atom. The SMILES string of the molecule is Cc1c(Cl)nc2ncnn2c1N(C)CC(C)(C)O. The monoisotopic (exact) mass is 269 g/mol. The molecule has 2 aromatic heterocycles. The third-order valence-corrected chi connectivity index (χ3v) is 2.93. The first-order valence-corrected chi connectivity index (χ1v) is 5.97. The highest BCUT2D eigenvalue weighted by atomic mass is 35.5. The zero-order chi connectivity index (χ0) is 13.5. The van der Waals surface area contributed by atoms with E-state index in [1.807, 2.05) is 18.9 Å². The van der Waals surface area contributed by atoms with Gasteiger partial charge >= 0.3 is 0 Å². The molecule has 7 heteroatoms. The largest absolute Gasteiger partial charge is 0.389 e. The lowest BCUT2D eigenvalue weighted by atomic mass is 10.1. The summed E-state index contributed by atoms with van der Waals surface area (Å²) in [4.78, 5) is 10.1. The van der Waals surface area contributed by atoms with Gasteiger partial charge < -0.3 is 10.0 Å². The molecule has 0 atom stereocenters. The van der Waals surface area contributed by atoms with Crippen LogP contribution in [0.25, 0.3) is 5.78 Å². The molecule has 2 aromatic rings. The van der Waals surface area contributed by atoms with Gasteiger partial charge in [-0.25, -0.2) is 0 Å². The van der Waals surface area contributed by atoms with E-state index in [9.17, 15) is 5.11 Å². The molecule has 0 radical (unpaired) electrons. The van der Waals surface area contributed by atoms with Gasteiger partial charge in [0.25, 0.3) is 5.78 Å². The molecule has 0 bridgehead atoms. The number of rotatable bonds is 3. The topological polar surface area (TPSA) is 66.5 Å². The van der Waals surface area contributed by atoms with Gasteiger partial charge in [0.15, 0.2) is 0 Å². The summed E-state index contributed by atoms with van der Waals surface area (Å²) in [7, 11) is 1.87. The van der Waals surface area contributed by atoms with E-state index in [0.717, 1.165) is 11.4 Å². The molecule has 0 saturated carbocycles. The summed E-state index contributed by atoms with van der Waals surface area (Å²) in [5.74, 6) is 1.23. The Labute approximate surface area is 110 Å². The third kappa shape index (κ3) is 2.39. The van der Waals surface area contributed by atoms with Gasteiger partial charge in [0, 0.05) is 19.2 Å². The molecule has 0 spiro atoms. The van der Waals surface area contributed by atoms with Crippen molar-refractivity contribution in [3.8, 4) is 0 Å². The van der Waals surface area contributed by atoms with Crippen LogP contribution < -0.4 is 4.90 Å². The molecule has 98 valence electrons. The Morgan fingerprint density at radius 1 is 1.50 bits per heavy atom. The summed E-state index contributed by atoms with van der Waals surface area (Å²) in [6, 6.07) is 0. The number of fused-ring (bicyclic) bond motifs is 1. The van der Waals surface area contributed by atoms with Gasteiger partial charge in [0.2, 0.25) is 0 Å². The van der Waals surface area contributed by atoms with Crippen molar-refractivity contribution in [2.45, 2.75) is 26.4 Å². The number of aliphatic hydroxyl groups is 1. The maximum Gasteiger partial charge on any atom is 0.255 e. The molecule has 0 aromatic carbocycles. The van der Waals surface area contributed by atoms with Crippen molar-refractivity contribution in [1.29, 1.82) is 0 Å². The Bertz CT molecular complexity index is 575. The van der Waals surface area contributed by atoms with E-state index in [4.69, 9.17) is 11.6 Å². The highest BCUT2D eigenvalue weighted by molar-refractivity contribution is 6.30. The second-order valence-corrected chi connectivity index (χ2v) is 5.35. The van der Waals surface area contributed by atoms with Crippen LogP contribution in [0.1, 0.15) is 19.4 Å². The van der Waals surface area contributed by atoms with E-state index in [-0.39, 0.29) is 0 Å². The van der Waals surface area contributed by atoms with E-state index in [0.29, 0.717) is 17.5 Å². The van der Waals surface area contributed by atoms with E-state index < -0.39 is 5.60 Å². The first kappa shape index (κ1) is 13.0. The number of anilines is 1. The van der Waals surface area contributed by atoms with Crippen LogP contribution in [0, 0.1) is 6.92 Å². The standard InChI is InChI=1S/C11H16ClN5O/c1-7-8(12)15-10-13-6-14-17(10)9(7)16(4)5-11(2,3)18/h6,18H,5H2,1-4H3. The molecular weight excluding hydrogens is 254 g/mol. The molecule has 0 aliphatic heterocycles. The maximum atomic E-state index is 9.90. The van der Waals surface area contributed by atoms with Gasteiger partial charge in [-0.15, -0.1) is 0 Å². The lowest BCUT2D eigenvalue weighted by Gasteiger charge is -2.28. The fourth-order valence-corrected chi connectivity index (χ4v) is 2.15. The van der Waals surface area contributed by atoms with E-state index in [2.05, 4.69) is 15.1 Å². The summed E-state index contributed by atoms with van der Waals surface area (Å²) >= 11 is 6.08. The molecule has 6 nitrogen and oxygen atoms in total. The molecule has 2 heterocycles. The molecule has 1 N–H and O–H groups in total. The third-order valence-electron chi connectivity index (χ3n) is 2.56. The van der Waals surface area contributed by atoms with Crippen LogP contribution in [0.2, 0.25) is 5.15 Å². The average molecular weight is 270 g/mol. The van der Waals surface area contributed by atoms with Gasteiger partial charge in [-0.05, 0) is 20.8 Å². The van der Waals surface area contributed by atoms with Crippen LogP contribution in [0.3, 0.4) is 0 Å². The summed E-state index contributed by atoms with van der Waals surface area (Å²) in [5, 5.41) is 14.4. The molecule has 2 rings (SSSR count). The summed E-state index contributed by atoms with van der Waals surface area (Å²) < 4.78 is 1.62. The summed E-state index contributed by atoms with van der Waals surface area (Å²) in [5.41, 5.74) is -0.00877. The second-order valence-electron chi connectivity index (χ2n) is 4.99. The lowest BCUT2D eigenvalue weighted by Crippen LogP contribution is -2.37. The molecule has 0 aliphatic carbocycles. The van der Waals surface area contributed by atoms with Crippen LogP contribution in [0.15, 0.2) is 6.33 Å². The van der Waals surface area contributed by atoms with Crippen molar-refractivity contribution in [3.05, 3.63) is 17.0 Å². The van der Waals surface area contributed by atoms with Gasteiger partial charge in [0.05, 0.1) is 5.60 Å². The summed E-state index contributed by atoms with van der Waals surface area (Å²) in [6.07, 6.45) is 1.43. The smallest absolute Gasteiger partial charge is 0.255 e. The Kier molecular flexibility index (Phi) is 3.16. The predicted molar refractivity (Wildman–Crippen MR) is 70.1 cm³/mol.